The molecule has 0 unspecified atom stereocenters. The van der Waals surface area contributed by atoms with Crippen LogP contribution in [-0.4, -0.2) is 23.5 Å². The first-order valence-corrected chi connectivity index (χ1v) is 7.59. The van der Waals surface area contributed by atoms with E-state index in [4.69, 9.17) is 4.74 Å². The van der Waals surface area contributed by atoms with E-state index in [1.165, 1.54) is 38.1 Å². The van der Waals surface area contributed by atoms with Crippen molar-refractivity contribution < 1.29 is 33.0 Å². The SMILES string of the molecule is CC(=O)C[n+]1ccc(C(=O)OC(=O)c2cc[n+](CC(C)=O)cc2)cc1. The minimum Gasteiger partial charge on any atom is -0.386 e. The van der Waals surface area contributed by atoms with Crippen molar-refractivity contribution in [1.29, 1.82) is 0 Å². The summed E-state index contributed by atoms with van der Waals surface area (Å²) in [4.78, 5) is 46.1. The molecule has 0 N–H and O–H groups in total. The van der Waals surface area contributed by atoms with Gasteiger partial charge < -0.3 is 4.74 Å². The van der Waals surface area contributed by atoms with E-state index in [1.54, 1.807) is 33.9 Å². The van der Waals surface area contributed by atoms with E-state index >= 15 is 0 Å². The second-order valence-corrected chi connectivity index (χ2v) is 5.60. The van der Waals surface area contributed by atoms with Gasteiger partial charge in [-0.2, -0.15) is 9.13 Å². The molecule has 7 nitrogen and oxygen atoms in total. The lowest BCUT2D eigenvalue weighted by molar-refractivity contribution is -0.684. The van der Waals surface area contributed by atoms with Crippen molar-refractivity contribution in [3.63, 3.8) is 0 Å². The molecule has 7 heteroatoms. The molecule has 2 heterocycles. The molecule has 0 aliphatic carbocycles. The van der Waals surface area contributed by atoms with E-state index < -0.39 is 11.9 Å². The second kappa shape index (κ2) is 8.05. The van der Waals surface area contributed by atoms with Gasteiger partial charge in [0, 0.05) is 38.1 Å². The highest BCUT2D eigenvalue weighted by molar-refractivity contribution is 6.02. The Kier molecular flexibility index (Phi) is 5.84. The molecule has 2 aromatic rings. The third-order valence-corrected chi connectivity index (χ3v) is 3.25. The van der Waals surface area contributed by atoms with Gasteiger partial charge in [0.2, 0.25) is 13.1 Å². The molecular formula is C18H18N2O5+2. The molecule has 0 aromatic carbocycles. The number of carbonyl (C=O) groups excluding carboxylic acids is 4. The van der Waals surface area contributed by atoms with E-state index in [0.717, 1.165) is 0 Å². The van der Waals surface area contributed by atoms with Crippen molar-refractivity contribution in [2.75, 3.05) is 0 Å². The molecule has 128 valence electrons. The summed E-state index contributed by atoms with van der Waals surface area (Å²) < 4.78 is 8.07. The minimum absolute atomic E-state index is 0.0124. The second-order valence-electron chi connectivity index (χ2n) is 5.60. The van der Waals surface area contributed by atoms with Gasteiger partial charge in [0.25, 0.3) is 0 Å². The summed E-state index contributed by atoms with van der Waals surface area (Å²) in [5.74, 6) is -1.58. The average Bonchev–Trinajstić information content (AvgIpc) is 2.55. The van der Waals surface area contributed by atoms with Crippen LogP contribution in [0.25, 0.3) is 0 Å². The van der Waals surface area contributed by atoms with E-state index in [-0.39, 0.29) is 35.8 Å². The third kappa shape index (κ3) is 5.42. The Hall–Kier alpha value is -3.22. The molecule has 0 saturated carbocycles. The first kappa shape index (κ1) is 18.1. The number of Topliss-reactive ketones (excluding diaryl/α,β-unsaturated/α-hetero) is 2. The molecule has 0 aliphatic heterocycles. The Balaban J connectivity index is 2.00. The molecule has 0 amide bonds. The lowest BCUT2D eigenvalue weighted by atomic mass is 10.2. The van der Waals surface area contributed by atoms with Crippen LogP contribution in [0, 0.1) is 0 Å². The van der Waals surface area contributed by atoms with Gasteiger partial charge in [-0.05, 0) is 0 Å². The van der Waals surface area contributed by atoms with Crippen LogP contribution in [0.5, 0.6) is 0 Å². The number of esters is 2. The molecule has 2 aromatic heterocycles. The fourth-order valence-electron chi connectivity index (χ4n) is 2.11. The number of nitrogens with zero attached hydrogens (tertiary/aromatic N) is 2. The van der Waals surface area contributed by atoms with Crippen molar-refractivity contribution in [2.24, 2.45) is 0 Å². The summed E-state index contributed by atoms with van der Waals surface area (Å²) in [6.45, 7) is 3.35. The lowest BCUT2D eigenvalue weighted by Gasteiger charge is -2.02. The monoisotopic (exact) mass is 342 g/mol. The number of ether oxygens (including phenoxy) is 1. The van der Waals surface area contributed by atoms with Crippen molar-refractivity contribution in [2.45, 2.75) is 26.9 Å². The number of ketones is 2. The maximum atomic E-state index is 12.0. The number of hydrogen-bond donors (Lipinski definition) is 0. The van der Waals surface area contributed by atoms with Crippen LogP contribution in [0.3, 0.4) is 0 Å². The molecule has 0 saturated heterocycles. The van der Waals surface area contributed by atoms with E-state index in [9.17, 15) is 19.2 Å². The van der Waals surface area contributed by atoms with Crippen molar-refractivity contribution in [3.8, 4) is 0 Å². The number of aromatic nitrogens is 2. The van der Waals surface area contributed by atoms with E-state index in [0.29, 0.717) is 0 Å². The number of rotatable bonds is 6. The molecule has 0 atom stereocenters. The van der Waals surface area contributed by atoms with E-state index in [1.807, 2.05) is 0 Å². The Bertz CT molecular complexity index is 741. The van der Waals surface area contributed by atoms with Crippen LogP contribution in [0.4, 0.5) is 0 Å². The van der Waals surface area contributed by atoms with Crippen molar-refractivity contribution in [1.82, 2.24) is 0 Å². The predicted molar refractivity (Wildman–Crippen MR) is 84.4 cm³/mol. The summed E-state index contributed by atoms with van der Waals surface area (Å²) in [7, 11) is 0. The van der Waals surface area contributed by atoms with Gasteiger partial charge in [0.1, 0.15) is 0 Å². The largest absolute Gasteiger partial charge is 0.386 e. The minimum atomic E-state index is -0.777. The number of pyridine rings is 2. The summed E-state index contributed by atoms with van der Waals surface area (Å²) >= 11 is 0. The van der Waals surface area contributed by atoms with Crippen LogP contribution in [0.1, 0.15) is 34.6 Å². The topological polar surface area (TPSA) is 85.3 Å². The van der Waals surface area contributed by atoms with Gasteiger partial charge in [0.15, 0.2) is 36.4 Å². The highest BCUT2D eigenvalue weighted by Crippen LogP contribution is 2.04. The van der Waals surface area contributed by atoms with Crippen molar-refractivity contribution >= 4 is 23.5 Å². The fourth-order valence-corrected chi connectivity index (χ4v) is 2.11. The van der Waals surface area contributed by atoms with E-state index in [2.05, 4.69) is 0 Å². The van der Waals surface area contributed by atoms with Gasteiger partial charge in [0.05, 0.1) is 11.1 Å². The molecule has 0 fully saturated rings. The van der Waals surface area contributed by atoms with Gasteiger partial charge in [-0.1, -0.05) is 0 Å². The zero-order valence-corrected chi connectivity index (χ0v) is 14.0. The standard InChI is InChI=1S/C18H18N2O5/c1-13(21)11-19-7-3-15(4-8-19)17(23)25-18(24)16-5-9-20(10-6-16)12-14(2)22/h3-10H,11-12H2,1-2H3/q+2. The number of hydrogen-bond acceptors (Lipinski definition) is 5. The maximum Gasteiger partial charge on any atom is 0.346 e. The highest BCUT2D eigenvalue weighted by Gasteiger charge is 2.17. The zero-order chi connectivity index (χ0) is 18.4. The fraction of sp³-hybridized carbons (Fsp3) is 0.222. The quantitative estimate of drug-likeness (QED) is 0.432. The highest BCUT2D eigenvalue weighted by atomic mass is 16.6. The normalized spacial score (nSPS) is 10.2. The van der Waals surface area contributed by atoms with Crippen LogP contribution in [0.15, 0.2) is 49.1 Å². The molecular weight excluding hydrogens is 324 g/mol. The average molecular weight is 342 g/mol. The maximum absolute atomic E-state index is 12.0. The molecule has 0 radical (unpaired) electrons. The molecule has 2 rings (SSSR count). The lowest BCUT2D eigenvalue weighted by Crippen LogP contribution is -2.36. The van der Waals surface area contributed by atoms with Crippen LogP contribution < -0.4 is 9.13 Å². The summed E-state index contributed by atoms with van der Waals surface area (Å²) in [6, 6.07) is 5.91. The first-order valence-electron chi connectivity index (χ1n) is 7.59. The van der Waals surface area contributed by atoms with Crippen molar-refractivity contribution in [3.05, 3.63) is 60.2 Å². The summed E-state index contributed by atoms with van der Waals surface area (Å²) in [5, 5.41) is 0. The van der Waals surface area contributed by atoms with Crippen LogP contribution in [-0.2, 0) is 27.4 Å². The Morgan fingerprint density at radius 2 is 1.04 bits per heavy atom. The summed E-state index contributed by atoms with van der Waals surface area (Å²) in [5.41, 5.74) is 0.409. The smallest absolute Gasteiger partial charge is 0.346 e. The van der Waals surface area contributed by atoms with Gasteiger partial charge in [-0.15, -0.1) is 0 Å². The van der Waals surface area contributed by atoms with Gasteiger partial charge in [-0.3, -0.25) is 9.59 Å². The Morgan fingerprint density at radius 3 is 1.32 bits per heavy atom. The predicted octanol–water partition coefficient (Wildman–Crippen LogP) is 0.437. The molecule has 0 spiro atoms. The molecule has 25 heavy (non-hydrogen) atoms. The summed E-state index contributed by atoms with van der Waals surface area (Å²) in [6.07, 6.45) is 6.26. The van der Waals surface area contributed by atoms with Crippen LogP contribution in [0.2, 0.25) is 0 Å². The first-order chi connectivity index (χ1) is 11.8. The molecule has 0 bridgehead atoms. The molecule has 0 aliphatic rings. The van der Waals surface area contributed by atoms with Gasteiger partial charge >= 0.3 is 11.9 Å². The zero-order valence-electron chi connectivity index (χ0n) is 14.0. The number of carbonyl (C=O) groups is 4. The third-order valence-electron chi connectivity index (χ3n) is 3.25. The Morgan fingerprint density at radius 1 is 0.720 bits per heavy atom. The van der Waals surface area contributed by atoms with Gasteiger partial charge in [-0.25, -0.2) is 9.59 Å². The Labute approximate surface area is 144 Å². The van der Waals surface area contributed by atoms with Crippen LogP contribution >= 0.6 is 0 Å².